The third kappa shape index (κ3) is 3.80. The molecule has 1 aliphatic rings. The number of aromatic nitrogens is 5. The van der Waals surface area contributed by atoms with Gasteiger partial charge in [0, 0.05) is 49.2 Å². The van der Waals surface area contributed by atoms with Crippen molar-refractivity contribution in [3.63, 3.8) is 0 Å². The molecule has 1 aromatic carbocycles. The summed E-state index contributed by atoms with van der Waals surface area (Å²) >= 11 is 0. The molecule has 4 aromatic rings. The molecule has 1 amide bonds. The quantitative estimate of drug-likeness (QED) is 0.482. The largest absolute Gasteiger partial charge is 0.379 e. The van der Waals surface area contributed by atoms with E-state index in [0.717, 1.165) is 23.6 Å². The summed E-state index contributed by atoms with van der Waals surface area (Å²) in [5.74, 6) is -2.20. The number of hydrogen-bond acceptors (Lipinski definition) is 6. The first kappa shape index (κ1) is 21.0. The third-order valence-electron chi connectivity index (χ3n) is 5.57. The number of carbonyl (C=O) groups excluding carboxylic acids is 1. The van der Waals surface area contributed by atoms with Crippen LogP contribution in [-0.4, -0.2) is 56.6 Å². The van der Waals surface area contributed by atoms with Crippen molar-refractivity contribution in [2.45, 2.75) is 12.5 Å². The number of hydrogen-bond donors (Lipinski definition) is 2. The number of fused-ring (bicyclic) bond motifs is 1. The van der Waals surface area contributed by atoms with E-state index >= 15 is 0 Å². The number of anilines is 1. The minimum Gasteiger partial charge on any atom is -0.379 e. The Labute approximate surface area is 187 Å². The highest BCUT2D eigenvalue weighted by Crippen LogP contribution is 2.32. The molecule has 0 aliphatic carbocycles. The molecule has 170 valence electrons. The van der Waals surface area contributed by atoms with Crippen LogP contribution in [0.25, 0.3) is 28.0 Å². The van der Waals surface area contributed by atoms with Crippen LogP contribution in [0.2, 0.25) is 0 Å². The fourth-order valence-corrected chi connectivity index (χ4v) is 3.88. The summed E-state index contributed by atoms with van der Waals surface area (Å²) in [6.45, 7) is 1.19. The molecule has 1 fully saturated rings. The summed E-state index contributed by atoms with van der Waals surface area (Å²) < 4.78 is 37.7. The molecular formula is C22H21F2N7O2. The van der Waals surface area contributed by atoms with E-state index in [2.05, 4.69) is 25.8 Å². The number of imidazole rings is 1. The van der Waals surface area contributed by atoms with Gasteiger partial charge in [0.15, 0.2) is 23.1 Å². The first-order chi connectivity index (χ1) is 15.9. The molecule has 0 saturated carbocycles. The number of nitrogens with one attached hydrogen (secondary N) is 2. The van der Waals surface area contributed by atoms with Gasteiger partial charge < -0.3 is 15.4 Å². The number of benzene rings is 1. The molecule has 1 aliphatic heterocycles. The molecule has 3 aromatic heterocycles. The molecule has 11 heteroatoms. The maximum atomic E-state index is 14.8. The van der Waals surface area contributed by atoms with Gasteiger partial charge in [-0.3, -0.25) is 9.48 Å². The maximum Gasteiger partial charge on any atom is 0.251 e. The zero-order chi connectivity index (χ0) is 23.1. The summed E-state index contributed by atoms with van der Waals surface area (Å²) in [5.41, 5.74) is 2.13. The first-order valence-electron chi connectivity index (χ1n) is 10.4. The van der Waals surface area contributed by atoms with E-state index < -0.39 is 17.5 Å². The fraction of sp³-hybridized carbons (Fsp3) is 0.273. The van der Waals surface area contributed by atoms with E-state index in [9.17, 15) is 13.6 Å². The van der Waals surface area contributed by atoms with Gasteiger partial charge >= 0.3 is 0 Å². The van der Waals surface area contributed by atoms with Crippen molar-refractivity contribution in [2.24, 2.45) is 7.05 Å². The number of ether oxygens (including phenoxy) is 1. The lowest BCUT2D eigenvalue weighted by Gasteiger charge is -2.15. The molecule has 0 unspecified atom stereocenters. The molecule has 9 nitrogen and oxygen atoms in total. The number of aryl methyl sites for hydroxylation is 1. The van der Waals surface area contributed by atoms with Crippen LogP contribution in [0, 0.1) is 11.6 Å². The Balaban J connectivity index is 1.68. The lowest BCUT2D eigenvalue weighted by molar-refractivity contribution is 0.0962. The predicted octanol–water partition coefficient (Wildman–Crippen LogP) is 2.64. The average Bonchev–Trinajstić information content (AvgIpc) is 3.56. The average molecular weight is 453 g/mol. The van der Waals surface area contributed by atoms with E-state index in [0.29, 0.717) is 24.7 Å². The Morgan fingerprint density at radius 1 is 1.21 bits per heavy atom. The van der Waals surface area contributed by atoms with Crippen LogP contribution >= 0.6 is 0 Å². The molecule has 1 atom stereocenters. The lowest BCUT2D eigenvalue weighted by Crippen LogP contribution is -2.21. The highest BCUT2D eigenvalue weighted by molar-refractivity contribution is 5.95. The van der Waals surface area contributed by atoms with Gasteiger partial charge in [-0.2, -0.15) is 5.10 Å². The van der Waals surface area contributed by atoms with Crippen molar-refractivity contribution in [3.8, 4) is 22.4 Å². The van der Waals surface area contributed by atoms with Crippen molar-refractivity contribution in [3.05, 3.63) is 54.0 Å². The van der Waals surface area contributed by atoms with Crippen LogP contribution < -0.4 is 10.6 Å². The Morgan fingerprint density at radius 2 is 2.06 bits per heavy atom. The summed E-state index contributed by atoms with van der Waals surface area (Å²) in [7, 11) is 3.24. The van der Waals surface area contributed by atoms with Crippen LogP contribution in [0.4, 0.5) is 14.6 Å². The number of nitrogens with zero attached hydrogens (tertiary/aromatic N) is 5. The van der Waals surface area contributed by atoms with E-state index in [-0.39, 0.29) is 22.9 Å². The van der Waals surface area contributed by atoms with Crippen LogP contribution in [0.1, 0.15) is 16.8 Å². The van der Waals surface area contributed by atoms with E-state index in [1.807, 2.05) is 19.3 Å². The number of rotatable bonds is 5. The topological polar surface area (TPSA) is 98.4 Å². The van der Waals surface area contributed by atoms with E-state index in [1.165, 1.54) is 23.8 Å². The van der Waals surface area contributed by atoms with Crippen LogP contribution in [0.3, 0.4) is 0 Å². The normalized spacial score (nSPS) is 15.8. The molecule has 0 bridgehead atoms. The third-order valence-corrected chi connectivity index (χ3v) is 5.57. The first-order valence-corrected chi connectivity index (χ1v) is 10.4. The minimum absolute atomic E-state index is 0.00483. The van der Waals surface area contributed by atoms with E-state index in [4.69, 9.17) is 4.74 Å². The standard InChI is InChI=1S/C22H21F2N7O2/c1-25-22(32)12-5-16(20(24)17(23)6-12)18-9-26-19-7-15(13-8-27-30(2)10-13)21(29-31(18)19)28-14-3-4-33-11-14/h5-10,14H,3-4,11H2,1-2H3,(H,25,32)(H,28,29)/t14-/m0/s1. The molecule has 0 radical (unpaired) electrons. The van der Waals surface area contributed by atoms with E-state index in [1.54, 1.807) is 10.9 Å². The summed E-state index contributed by atoms with van der Waals surface area (Å²) in [6, 6.07) is 4.02. The highest BCUT2D eigenvalue weighted by Gasteiger charge is 2.23. The second-order valence-electron chi connectivity index (χ2n) is 7.83. The molecule has 2 N–H and O–H groups in total. The maximum absolute atomic E-state index is 14.8. The number of halogens is 2. The molecule has 0 spiro atoms. The molecule has 1 saturated heterocycles. The van der Waals surface area contributed by atoms with Gasteiger partial charge in [0.25, 0.3) is 5.91 Å². The summed E-state index contributed by atoms with van der Waals surface area (Å²) in [6.07, 6.45) is 5.80. The number of carbonyl (C=O) groups is 1. The van der Waals surface area contributed by atoms with Gasteiger partial charge in [0.05, 0.1) is 30.7 Å². The minimum atomic E-state index is -1.13. The van der Waals surface area contributed by atoms with Crippen molar-refractivity contribution in [2.75, 3.05) is 25.6 Å². The molecule has 33 heavy (non-hydrogen) atoms. The van der Waals surface area contributed by atoms with Gasteiger partial charge in [0.2, 0.25) is 0 Å². The van der Waals surface area contributed by atoms with Crippen molar-refractivity contribution in [1.29, 1.82) is 0 Å². The summed E-state index contributed by atoms with van der Waals surface area (Å²) in [4.78, 5) is 16.4. The lowest BCUT2D eigenvalue weighted by atomic mass is 10.1. The van der Waals surface area contributed by atoms with Gasteiger partial charge in [0.1, 0.15) is 0 Å². The Morgan fingerprint density at radius 3 is 2.76 bits per heavy atom. The zero-order valence-corrected chi connectivity index (χ0v) is 18.0. The highest BCUT2D eigenvalue weighted by atomic mass is 19.2. The van der Waals surface area contributed by atoms with Crippen LogP contribution in [0.5, 0.6) is 0 Å². The summed E-state index contributed by atoms with van der Waals surface area (Å²) in [5, 5.41) is 14.7. The van der Waals surface area contributed by atoms with Gasteiger partial charge in [-0.15, -0.1) is 5.10 Å². The second-order valence-corrected chi connectivity index (χ2v) is 7.83. The van der Waals surface area contributed by atoms with Crippen molar-refractivity contribution < 1.29 is 18.3 Å². The van der Waals surface area contributed by atoms with Gasteiger partial charge in [-0.05, 0) is 24.6 Å². The smallest absolute Gasteiger partial charge is 0.251 e. The fourth-order valence-electron chi connectivity index (χ4n) is 3.88. The predicted molar refractivity (Wildman–Crippen MR) is 117 cm³/mol. The SMILES string of the molecule is CNC(=O)c1cc(F)c(F)c(-c2cnc3cc(-c4cnn(C)c4)c(N[C@H]4CCOC4)nn23)c1. The van der Waals surface area contributed by atoms with Crippen LogP contribution in [0.15, 0.2) is 36.8 Å². The Kier molecular flexibility index (Phi) is 5.25. The van der Waals surface area contributed by atoms with Crippen molar-refractivity contribution in [1.82, 2.24) is 29.7 Å². The molecule has 5 rings (SSSR count). The Hall–Kier alpha value is -3.86. The monoisotopic (exact) mass is 453 g/mol. The van der Waals surface area contributed by atoms with Gasteiger partial charge in [-0.25, -0.2) is 18.3 Å². The molecule has 4 heterocycles. The van der Waals surface area contributed by atoms with Crippen LogP contribution in [-0.2, 0) is 11.8 Å². The van der Waals surface area contributed by atoms with Gasteiger partial charge in [-0.1, -0.05) is 0 Å². The second kappa shape index (κ2) is 8.24. The number of amides is 1. The van der Waals surface area contributed by atoms with Crippen molar-refractivity contribution >= 4 is 17.4 Å². The zero-order valence-electron chi connectivity index (χ0n) is 18.0. The molecular weight excluding hydrogens is 432 g/mol. The Bertz CT molecular complexity index is 1360.